The highest BCUT2D eigenvalue weighted by Gasteiger charge is 2.33. The number of benzene rings is 1. The maximum atomic E-state index is 13.0. The topological polar surface area (TPSA) is 101 Å². The van der Waals surface area contributed by atoms with Crippen molar-refractivity contribution >= 4 is 29.2 Å². The number of nitrogens with one attached hydrogen (secondary N) is 1. The lowest BCUT2D eigenvalue weighted by molar-refractivity contribution is 0.102. The van der Waals surface area contributed by atoms with E-state index in [9.17, 15) is 4.79 Å². The number of rotatable bonds is 6. The molecular formula is C25H21N7O2S. The van der Waals surface area contributed by atoms with Gasteiger partial charge in [0.05, 0.1) is 12.1 Å². The highest BCUT2D eigenvalue weighted by Crippen LogP contribution is 2.35. The molecule has 0 spiro atoms. The molecule has 0 bridgehead atoms. The van der Waals surface area contributed by atoms with Crippen molar-refractivity contribution < 1.29 is 9.32 Å². The van der Waals surface area contributed by atoms with Crippen molar-refractivity contribution in [3.8, 4) is 11.4 Å². The summed E-state index contributed by atoms with van der Waals surface area (Å²) in [4.78, 5) is 27.1. The van der Waals surface area contributed by atoms with Crippen LogP contribution in [0.15, 0.2) is 82.7 Å². The Balaban J connectivity index is 1.15. The number of carbonyl (C=O) groups is 1. The second kappa shape index (κ2) is 8.97. The van der Waals surface area contributed by atoms with Crippen LogP contribution in [0.5, 0.6) is 0 Å². The van der Waals surface area contributed by atoms with Crippen LogP contribution < -0.4 is 5.32 Å². The van der Waals surface area contributed by atoms with E-state index in [0.29, 0.717) is 23.1 Å². The smallest absolute Gasteiger partial charge is 0.274 e. The first kappa shape index (κ1) is 21.5. The summed E-state index contributed by atoms with van der Waals surface area (Å²) in [6, 6.07) is 15.3. The number of pyridine rings is 2. The summed E-state index contributed by atoms with van der Waals surface area (Å²) in [5.41, 5.74) is 3.58. The normalized spacial score (nSPS) is 14.2. The van der Waals surface area contributed by atoms with Crippen molar-refractivity contribution in [1.29, 1.82) is 0 Å². The molecule has 5 heterocycles. The second-order valence-corrected chi connectivity index (χ2v) is 9.51. The zero-order chi connectivity index (χ0) is 23.8. The molecule has 1 saturated heterocycles. The molecule has 1 fully saturated rings. The second-order valence-electron chi connectivity index (χ2n) is 8.34. The van der Waals surface area contributed by atoms with Crippen LogP contribution in [0.3, 0.4) is 0 Å². The van der Waals surface area contributed by atoms with Gasteiger partial charge < -0.3 is 9.84 Å². The summed E-state index contributed by atoms with van der Waals surface area (Å²) in [6.45, 7) is 3.60. The van der Waals surface area contributed by atoms with Crippen LogP contribution >= 0.6 is 11.9 Å². The van der Waals surface area contributed by atoms with Gasteiger partial charge in [-0.25, -0.2) is 9.29 Å². The predicted octanol–water partition coefficient (Wildman–Crippen LogP) is 4.45. The molecule has 1 N–H and O–H groups in total. The van der Waals surface area contributed by atoms with Gasteiger partial charge in [-0.3, -0.25) is 14.2 Å². The van der Waals surface area contributed by atoms with Crippen molar-refractivity contribution in [2.24, 2.45) is 0 Å². The highest BCUT2D eigenvalue weighted by atomic mass is 32.2. The minimum absolute atomic E-state index is 0.195. The number of nitrogens with zero attached hydrogens (tertiary/aromatic N) is 6. The maximum absolute atomic E-state index is 13.0. The Morgan fingerprint density at radius 2 is 2.06 bits per heavy atom. The number of fused-ring (bicyclic) bond motifs is 1. The number of carbonyl (C=O) groups excluding carboxylic acids is 1. The molecule has 4 aromatic heterocycles. The van der Waals surface area contributed by atoms with Crippen LogP contribution in [0.2, 0.25) is 0 Å². The molecule has 1 aromatic carbocycles. The first-order valence-corrected chi connectivity index (χ1v) is 11.9. The van der Waals surface area contributed by atoms with Crippen LogP contribution in [0.25, 0.3) is 17.0 Å². The monoisotopic (exact) mass is 483 g/mol. The summed E-state index contributed by atoms with van der Waals surface area (Å²) in [6.07, 6.45) is 7.01. The van der Waals surface area contributed by atoms with Crippen LogP contribution in [0, 0.1) is 6.92 Å². The minimum Gasteiger partial charge on any atom is -0.339 e. The standard InChI is InChI=1S/C25H21N7O2S/c1-16-7-8-17(11-20(16)28-24(33)21-13-27-22-6-2-3-10-32(21)22)23-29-25(34-30-23)18-14-31(15-18)35-19-5-4-9-26-12-19/h2-13,18H,14-15H2,1H3,(H,28,33). The molecule has 174 valence electrons. The number of imidazole rings is 1. The van der Waals surface area contributed by atoms with E-state index in [4.69, 9.17) is 4.52 Å². The number of hydrogen-bond acceptors (Lipinski definition) is 8. The van der Waals surface area contributed by atoms with Gasteiger partial charge in [0.25, 0.3) is 5.91 Å². The van der Waals surface area contributed by atoms with E-state index < -0.39 is 0 Å². The number of amides is 1. The van der Waals surface area contributed by atoms with Crippen molar-refractivity contribution in [3.63, 3.8) is 0 Å². The Morgan fingerprint density at radius 3 is 2.91 bits per heavy atom. The Labute approximate surface area is 205 Å². The molecule has 6 rings (SSSR count). The summed E-state index contributed by atoms with van der Waals surface area (Å²) in [5, 5.41) is 7.19. The first-order chi connectivity index (χ1) is 17.1. The lowest BCUT2D eigenvalue weighted by Crippen LogP contribution is -2.40. The van der Waals surface area contributed by atoms with Crippen molar-refractivity contribution in [1.82, 2.24) is 28.8 Å². The van der Waals surface area contributed by atoms with Gasteiger partial charge in [0.2, 0.25) is 11.7 Å². The van der Waals surface area contributed by atoms with E-state index in [2.05, 4.69) is 29.7 Å². The minimum atomic E-state index is -0.238. The zero-order valence-electron chi connectivity index (χ0n) is 18.8. The first-order valence-electron chi connectivity index (χ1n) is 11.1. The molecule has 10 heteroatoms. The predicted molar refractivity (Wildman–Crippen MR) is 132 cm³/mol. The van der Waals surface area contributed by atoms with Crippen molar-refractivity contribution in [3.05, 3.63) is 90.5 Å². The van der Waals surface area contributed by atoms with Crippen molar-refractivity contribution in [2.45, 2.75) is 17.7 Å². The molecule has 9 nitrogen and oxygen atoms in total. The molecule has 0 unspecified atom stereocenters. The third-order valence-corrected chi connectivity index (χ3v) is 6.91. The van der Waals surface area contributed by atoms with E-state index in [1.54, 1.807) is 28.7 Å². The van der Waals surface area contributed by atoms with E-state index >= 15 is 0 Å². The van der Waals surface area contributed by atoms with E-state index in [0.717, 1.165) is 34.8 Å². The van der Waals surface area contributed by atoms with E-state index in [1.165, 1.54) is 0 Å². The van der Waals surface area contributed by atoms with Crippen LogP contribution in [-0.2, 0) is 0 Å². The van der Waals surface area contributed by atoms with Gasteiger partial charge in [0.15, 0.2) is 0 Å². The molecule has 0 radical (unpaired) electrons. The fraction of sp³-hybridized carbons (Fsp3) is 0.160. The molecule has 0 aliphatic carbocycles. The Bertz CT molecular complexity index is 1510. The molecule has 1 amide bonds. The third kappa shape index (κ3) is 4.29. The van der Waals surface area contributed by atoms with Gasteiger partial charge in [-0.2, -0.15) is 4.98 Å². The van der Waals surface area contributed by atoms with Gasteiger partial charge in [0, 0.05) is 47.8 Å². The van der Waals surface area contributed by atoms with Crippen LogP contribution in [0.4, 0.5) is 5.69 Å². The average molecular weight is 484 g/mol. The van der Waals surface area contributed by atoms with E-state index in [-0.39, 0.29) is 11.8 Å². The fourth-order valence-electron chi connectivity index (χ4n) is 3.92. The number of anilines is 1. The third-order valence-electron chi connectivity index (χ3n) is 5.90. The molecule has 0 atom stereocenters. The zero-order valence-corrected chi connectivity index (χ0v) is 19.6. The largest absolute Gasteiger partial charge is 0.339 e. The number of hydrogen-bond donors (Lipinski definition) is 1. The molecule has 1 aliphatic rings. The van der Waals surface area contributed by atoms with Gasteiger partial charge in [-0.05, 0) is 54.8 Å². The summed E-state index contributed by atoms with van der Waals surface area (Å²) < 4.78 is 9.57. The molecule has 35 heavy (non-hydrogen) atoms. The summed E-state index contributed by atoms with van der Waals surface area (Å²) in [7, 11) is 0. The van der Waals surface area contributed by atoms with E-state index in [1.807, 2.05) is 67.8 Å². The van der Waals surface area contributed by atoms with Gasteiger partial charge >= 0.3 is 0 Å². The Hall–Kier alpha value is -4.02. The lowest BCUT2D eigenvalue weighted by atomic mass is 10.0. The highest BCUT2D eigenvalue weighted by molar-refractivity contribution is 7.97. The fourth-order valence-corrected chi connectivity index (χ4v) is 4.97. The summed E-state index contributed by atoms with van der Waals surface area (Å²) in [5.74, 6) is 1.09. The molecule has 0 saturated carbocycles. The quantitative estimate of drug-likeness (QED) is 0.354. The van der Waals surface area contributed by atoms with Crippen molar-refractivity contribution in [2.75, 3.05) is 18.4 Å². The Morgan fingerprint density at radius 1 is 1.14 bits per heavy atom. The SMILES string of the molecule is Cc1ccc(-c2noc(C3CN(Sc4cccnc4)C3)n2)cc1NC(=O)c1cnc2ccccn12. The molecular weight excluding hydrogens is 462 g/mol. The molecule has 1 aliphatic heterocycles. The number of aryl methyl sites for hydroxylation is 1. The molecule has 5 aromatic rings. The lowest BCUT2D eigenvalue weighted by Gasteiger charge is -2.35. The maximum Gasteiger partial charge on any atom is 0.274 e. The Kier molecular flexibility index (Phi) is 5.51. The van der Waals surface area contributed by atoms with Gasteiger partial charge in [0.1, 0.15) is 11.3 Å². The van der Waals surface area contributed by atoms with Gasteiger partial charge in [-0.1, -0.05) is 23.4 Å². The summed E-state index contributed by atoms with van der Waals surface area (Å²) >= 11 is 1.68. The van der Waals surface area contributed by atoms with Crippen LogP contribution in [0.1, 0.15) is 27.9 Å². The number of aromatic nitrogens is 5. The average Bonchev–Trinajstić information content (AvgIpc) is 3.51. The van der Waals surface area contributed by atoms with Crippen LogP contribution in [-0.4, -0.2) is 47.8 Å². The van der Waals surface area contributed by atoms with Gasteiger partial charge in [-0.15, -0.1) is 0 Å².